The molecule has 0 unspecified atom stereocenters. The second-order valence-corrected chi connectivity index (χ2v) is 7.37. The molecule has 3 rings (SSSR count). The van der Waals surface area contributed by atoms with Crippen LogP contribution < -0.4 is 11.1 Å². The number of nitrogens with one attached hydrogen (secondary N) is 1. The van der Waals surface area contributed by atoms with Crippen molar-refractivity contribution in [3.05, 3.63) is 57.9 Å². The summed E-state index contributed by atoms with van der Waals surface area (Å²) < 4.78 is 32.3. The first kappa shape index (κ1) is 19.7. The summed E-state index contributed by atoms with van der Waals surface area (Å²) in [5.74, 6) is -2.00. The number of hydrogen-bond donors (Lipinski definition) is 2. The van der Waals surface area contributed by atoms with Crippen molar-refractivity contribution in [3.8, 4) is 11.3 Å². The van der Waals surface area contributed by atoms with Crippen LogP contribution in [0, 0.1) is 25.5 Å². The number of halogens is 2. The monoisotopic (exact) mass is 405 g/mol. The number of primary amides is 1. The van der Waals surface area contributed by atoms with Gasteiger partial charge in [0.05, 0.1) is 17.3 Å². The fourth-order valence-electron chi connectivity index (χ4n) is 2.66. The lowest BCUT2D eigenvalue weighted by molar-refractivity contribution is -0.116. The summed E-state index contributed by atoms with van der Waals surface area (Å²) in [6, 6.07) is 3.14. The molecule has 1 aromatic carbocycles. The molecule has 3 aromatic rings. The van der Waals surface area contributed by atoms with E-state index in [1.54, 1.807) is 6.92 Å². The number of nitrogens with two attached hydrogens (primary N) is 1. The maximum absolute atomic E-state index is 13.8. The Morgan fingerprint density at radius 3 is 2.71 bits per heavy atom. The molecule has 0 radical (unpaired) electrons. The zero-order chi connectivity index (χ0) is 20.4. The minimum atomic E-state index is -0.761. The third-order valence-electron chi connectivity index (χ3n) is 4.20. The van der Waals surface area contributed by atoms with Gasteiger partial charge in [-0.2, -0.15) is 0 Å². The largest absolute Gasteiger partial charge is 0.441 e. The summed E-state index contributed by atoms with van der Waals surface area (Å²) in [4.78, 5) is 28.7. The summed E-state index contributed by atoms with van der Waals surface area (Å²) in [6.07, 6.45) is 1.53. The van der Waals surface area contributed by atoms with Gasteiger partial charge in [0.15, 0.2) is 11.7 Å². The van der Waals surface area contributed by atoms with Crippen LogP contribution in [0.3, 0.4) is 0 Å². The quantitative estimate of drug-likeness (QED) is 0.648. The number of hydrogen-bond acceptors (Lipinski definition) is 5. The van der Waals surface area contributed by atoms with Gasteiger partial charge >= 0.3 is 0 Å². The molecule has 9 heteroatoms. The second kappa shape index (κ2) is 7.89. The Balaban J connectivity index is 1.65. The first-order chi connectivity index (χ1) is 13.3. The Morgan fingerprint density at radius 2 is 2.04 bits per heavy atom. The predicted octanol–water partition coefficient (Wildman–Crippen LogP) is 3.97. The molecule has 3 N–H and O–H groups in total. The Bertz CT molecular complexity index is 1060. The standard InChI is InChI=1S/C19H17F2N3O3S/c1-9-10(2)28-19(17(9)18(22)26)24-15(25)5-6-16-23-8-14(27-16)12-4-3-11(20)7-13(12)21/h3-4,7-8H,5-6H2,1-2H3,(H2,22,26)(H,24,25). The van der Waals surface area contributed by atoms with E-state index in [0.29, 0.717) is 10.6 Å². The Labute approximate surface area is 163 Å². The molecule has 28 heavy (non-hydrogen) atoms. The number of benzene rings is 1. The maximum Gasteiger partial charge on any atom is 0.251 e. The number of aryl methyl sites for hydroxylation is 2. The normalized spacial score (nSPS) is 10.9. The van der Waals surface area contributed by atoms with Gasteiger partial charge in [0.25, 0.3) is 5.91 Å². The van der Waals surface area contributed by atoms with E-state index in [4.69, 9.17) is 10.2 Å². The van der Waals surface area contributed by atoms with Crippen molar-refractivity contribution in [1.82, 2.24) is 4.98 Å². The molecule has 2 heterocycles. The molecule has 0 aliphatic heterocycles. The Kier molecular flexibility index (Phi) is 5.55. The zero-order valence-electron chi connectivity index (χ0n) is 15.1. The molecule has 2 amide bonds. The first-order valence-corrected chi connectivity index (χ1v) is 9.17. The van der Waals surface area contributed by atoms with Gasteiger partial charge in [-0.05, 0) is 31.5 Å². The number of rotatable bonds is 6. The molecular weight excluding hydrogens is 388 g/mol. The van der Waals surface area contributed by atoms with Crippen LogP contribution >= 0.6 is 11.3 Å². The van der Waals surface area contributed by atoms with E-state index in [1.807, 2.05) is 6.92 Å². The van der Waals surface area contributed by atoms with Crippen LogP contribution in [-0.2, 0) is 11.2 Å². The second-order valence-electron chi connectivity index (χ2n) is 6.14. The molecule has 2 aromatic heterocycles. The number of nitrogens with zero attached hydrogens (tertiary/aromatic N) is 1. The molecule has 0 saturated heterocycles. The van der Waals surface area contributed by atoms with Gasteiger partial charge in [-0.1, -0.05) is 0 Å². The van der Waals surface area contributed by atoms with Crippen LogP contribution in [-0.4, -0.2) is 16.8 Å². The van der Waals surface area contributed by atoms with Gasteiger partial charge in [0.2, 0.25) is 5.91 Å². The highest BCUT2D eigenvalue weighted by Gasteiger charge is 2.19. The molecule has 0 aliphatic carbocycles. The van der Waals surface area contributed by atoms with Crippen LogP contribution in [0.1, 0.15) is 33.1 Å². The molecule has 0 atom stereocenters. The van der Waals surface area contributed by atoms with Crippen molar-refractivity contribution in [3.63, 3.8) is 0 Å². The van der Waals surface area contributed by atoms with Crippen LogP contribution in [0.2, 0.25) is 0 Å². The van der Waals surface area contributed by atoms with E-state index in [0.717, 1.165) is 22.6 Å². The third-order valence-corrected chi connectivity index (χ3v) is 5.32. The van der Waals surface area contributed by atoms with Gasteiger partial charge in [-0.25, -0.2) is 13.8 Å². The van der Waals surface area contributed by atoms with E-state index in [9.17, 15) is 18.4 Å². The van der Waals surface area contributed by atoms with Gasteiger partial charge in [-0.15, -0.1) is 11.3 Å². The van der Waals surface area contributed by atoms with Gasteiger partial charge in [0.1, 0.15) is 16.6 Å². The lowest BCUT2D eigenvalue weighted by Gasteiger charge is -2.04. The van der Waals surface area contributed by atoms with Crippen LogP contribution in [0.25, 0.3) is 11.3 Å². The van der Waals surface area contributed by atoms with E-state index in [2.05, 4.69) is 10.3 Å². The molecule has 0 fully saturated rings. The molecule has 0 saturated carbocycles. The van der Waals surface area contributed by atoms with Crippen LogP contribution in [0.5, 0.6) is 0 Å². The van der Waals surface area contributed by atoms with Crippen molar-refractivity contribution in [2.24, 2.45) is 5.73 Å². The van der Waals surface area contributed by atoms with Crippen molar-refractivity contribution < 1.29 is 22.8 Å². The molecule has 146 valence electrons. The van der Waals surface area contributed by atoms with Gasteiger partial charge in [0, 0.05) is 23.8 Å². The average molecular weight is 405 g/mol. The number of anilines is 1. The topological polar surface area (TPSA) is 98.2 Å². The molecule has 6 nitrogen and oxygen atoms in total. The van der Waals surface area contributed by atoms with E-state index in [-0.39, 0.29) is 36.0 Å². The van der Waals surface area contributed by atoms with Crippen molar-refractivity contribution >= 4 is 28.2 Å². The van der Waals surface area contributed by atoms with Gasteiger partial charge in [-0.3, -0.25) is 9.59 Å². The SMILES string of the molecule is Cc1sc(NC(=O)CCc2ncc(-c3ccc(F)cc3F)o2)c(C(N)=O)c1C. The lowest BCUT2D eigenvalue weighted by Crippen LogP contribution is -2.17. The zero-order valence-corrected chi connectivity index (χ0v) is 16.0. The number of amides is 2. The Morgan fingerprint density at radius 1 is 1.29 bits per heavy atom. The van der Waals surface area contributed by atoms with Crippen molar-refractivity contribution in [1.29, 1.82) is 0 Å². The summed E-state index contributed by atoms with van der Waals surface area (Å²) in [5, 5.41) is 3.10. The minimum absolute atomic E-state index is 0.0417. The van der Waals surface area contributed by atoms with Gasteiger partial charge < -0.3 is 15.5 Å². The third kappa shape index (κ3) is 4.09. The minimum Gasteiger partial charge on any atom is -0.441 e. The number of oxazole rings is 1. The summed E-state index contributed by atoms with van der Waals surface area (Å²) in [7, 11) is 0. The predicted molar refractivity (Wildman–Crippen MR) is 101 cm³/mol. The van der Waals surface area contributed by atoms with E-state index in [1.165, 1.54) is 23.6 Å². The summed E-state index contributed by atoms with van der Waals surface area (Å²) in [6.45, 7) is 3.61. The highest BCUT2D eigenvalue weighted by Crippen LogP contribution is 2.32. The number of carbonyl (C=O) groups excluding carboxylic acids is 2. The van der Waals surface area contributed by atoms with Crippen molar-refractivity contribution in [2.75, 3.05) is 5.32 Å². The van der Waals surface area contributed by atoms with Crippen molar-refractivity contribution in [2.45, 2.75) is 26.7 Å². The molecule has 0 aliphatic rings. The molecular formula is C19H17F2N3O3S. The molecule has 0 bridgehead atoms. The molecule has 0 spiro atoms. The average Bonchev–Trinajstić information content (AvgIpc) is 3.18. The fraction of sp³-hybridized carbons (Fsp3) is 0.211. The lowest BCUT2D eigenvalue weighted by atomic mass is 10.1. The summed E-state index contributed by atoms with van der Waals surface area (Å²) >= 11 is 1.28. The maximum atomic E-state index is 13.8. The van der Waals surface area contributed by atoms with Crippen LogP contribution in [0.4, 0.5) is 13.8 Å². The fourth-order valence-corrected chi connectivity index (χ4v) is 3.74. The highest BCUT2D eigenvalue weighted by molar-refractivity contribution is 7.16. The number of aromatic nitrogens is 1. The number of carbonyl (C=O) groups is 2. The number of thiophene rings is 1. The summed E-state index contributed by atoms with van der Waals surface area (Å²) in [5.41, 5.74) is 6.52. The Hall–Kier alpha value is -3.07. The van der Waals surface area contributed by atoms with E-state index < -0.39 is 17.5 Å². The smallest absolute Gasteiger partial charge is 0.251 e. The van der Waals surface area contributed by atoms with Crippen LogP contribution in [0.15, 0.2) is 28.8 Å². The highest BCUT2D eigenvalue weighted by atomic mass is 32.1. The van der Waals surface area contributed by atoms with E-state index >= 15 is 0 Å². The first-order valence-electron chi connectivity index (χ1n) is 8.36.